The molecule has 10 heteroatoms. The van der Waals surface area contributed by atoms with E-state index in [2.05, 4.69) is 31.1 Å². The Morgan fingerprint density at radius 3 is 1.97 bits per heavy atom. The monoisotopic (exact) mass is 408 g/mol. The molecule has 2 aromatic heterocycles. The van der Waals surface area contributed by atoms with Crippen molar-refractivity contribution in [3.63, 3.8) is 0 Å². The largest absolute Gasteiger partial charge is 0.497 e. The third-order valence-electron chi connectivity index (χ3n) is 4.35. The summed E-state index contributed by atoms with van der Waals surface area (Å²) < 4.78 is 20.4. The van der Waals surface area contributed by atoms with Gasteiger partial charge in [0, 0.05) is 13.1 Å². The second-order valence-electron chi connectivity index (χ2n) is 6.29. The highest BCUT2D eigenvalue weighted by Gasteiger charge is 2.18. The maximum Gasteiger partial charge on any atom is 0.322 e. The van der Waals surface area contributed by atoms with Gasteiger partial charge in [0.25, 0.3) is 0 Å². The van der Waals surface area contributed by atoms with E-state index >= 15 is 0 Å². The molecule has 4 rings (SSSR count). The van der Waals surface area contributed by atoms with Gasteiger partial charge in [-0.05, 0) is 45.7 Å². The van der Waals surface area contributed by atoms with Crippen molar-refractivity contribution in [3.05, 3.63) is 59.7 Å². The zero-order valence-electron chi connectivity index (χ0n) is 16.5. The molecule has 0 unspecified atom stereocenters. The zero-order valence-corrected chi connectivity index (χ0v) is 16.5. The molecule has 0 bridgehead atoms. The van der Waals surface area contributed by atoms with Crippen LogP contribution in [0, 0.1) is 0 Å². The number of methoxy groups -OCH3 is 2. The quantitative estimate of drug-likeness (QED) is 0.426. The molecule has 0 saturated carbocycles. The van der Waals surface area contributed by atoms with Crippen LogP contribution in [0.25, 0.3) is 11.5 Å². The van der Waals surface area contributed by atoms with E-state index in [1.165, 1.54) is 0 Å². The van der Waals surface area contributed by atoms with Crippen LogP contribution in [0.1, 0.15) is 11.1 Å². The lowest BCUT2D eigenvalue weighted by atomic mass is 10.2. The summed E-state index contributed by atoms with van der Waals surface area (Å²) in [5, 5.41) is 18.0. The first kappa shape index (κ1) is 19.2. The van der Waals surface area contributed by atoms with Crippen molar-refractivity contribution in [2.75, 3.05) is 24.9 Å². The van der Waals surface area contributed by atoms with Gasteiger partial charge in [0.15, 0.2) is 5.69 Å². The minimum atomic E-state index is 0.268. The number of rotatable bonds is 9. The fourth-order valence-electron chi connectivity index (χ4n) is 2.69. The minimum Gasteiger partial charge on any atom is -0.497 e. The second kappa shape index (κ2) is 8.95. The molecule has 0 aliphatic heterocycles. The van der Waals surface area contributed by atoms with E-state index in [1.807, 2.05) is 48.5 Å². The molecule has 30 heavy (non-hydrogen) atoms. The molecule has 0 atom stereocenters. The van der Waals surface area contributed by atoms with Gasteiger partial charge in [-0.2, -0.15) is 4.98 Å². The summed E-state index contributed by atoms with van der Waals surface area (Å²) >= 11 is 0. The van der Waals surface area contributed by atoms with Crippen molar-refractivity contribution in [2.24, 2.45) is 0 Å². The number of anilines is 2. The Morgan fingerprint density at radius 2 is 1.37 bits per heavy atom. The van der Waals surface area contributed by atoms with Crippen molar-refractivity contribution in [2.45, 2.75) is 13.1 Å². The Labute approximate surface area is 172 Å². The number of hydrogen-bond acceptors (Lipinski definition) is 10. The van der Waals surface area contributed by atoms with E-state index in [4.69, 9.17) is 18.6 Å². The van der Waals surface area contributed by atoms with Crippen LogP contribution in [0.3, 0.4) is 0 Å². The summed E-state index contributed by atoms with van der Waals surface area (Å²) in [5.74, 6) is 2.29. The molecule has 0 saturated heterocycles. The van der Waals surface area contributed by atoms with Crippen LogP contribution < -0.4 is 20.1 Å². The molecule has 0 amide bonds. The smallest absolute Gasteiger partial charge is 0.322 e. The lowest BCUT2D eigenvalue weighted by Crippen LogP contribution is -2.02. The molecule has 10 nitrogen and oxygen atoms in total. The number of nitrogens with one attached hydrogen (secondary N) is 2. The first-order valence-corrected chi connectivity index (χ1v) is 9.15. The number of hydrogen-bond donors (Lipinski definition) is 2. The standard InChI is InChI=1S/C20H20N6O4/c1-27-15-7-3-13(4-8-15)11-21-18-17(24-30-26-18)19-23-20(29-25-19)22-12-14-5-9-16(28-2)10-6-14/h3-10H,11-12H2,1-2H3,(H,21,26)(H,22,23,25). The molecular formula is C20H20N6O4. The summed E-state index contributed by atoms with van der Waals surface area (Å²) in [6, 6.07) is 15.6. The molecule has 0 aliphatic carbocycles. The van der Waals surface area contributed by atoms with Crippen molar-refractivity contribution in [1.29, 1.82) is 0 Å². The van der Waals surface area contributed by atoms with Crippen molar-refractivity contribution >= 4 is 11.8 Å². The number of nitrogens with zero attached hydrogens (tertiary/aromatic N) is 4. The van der Waals surface area contributed by atoms with Crippen molar-refractivity contribution in [1.82, 2.24) is 20.5 Å². The Hall–Kier alpha value is -4.08. The van der Waals surface area contributed by atoms with Crippen LogP contribution >= 0.6 is 0 Å². The number of benzene rings is 2. The van der Waals surface area contributed by atoms with Gasteiger partial charge >= 0.3 is 6.01 Å². The van der Waals surface area contributed by atoms with Crippen LogP contribution in [-0.2, 0) is 13.1 Å². The van der Waals surface area contributed by atoms with E-state index in [-0.39, 0.29) is 11.8 Å². The van der Waals surface area contributed by atoms with Crippen LogP contribution in [0.4, 0.5) is 11.8 Å². The Bertz CT molecular complexity index is 1080. The Morgan fingerprint density at radius 1 is 0.767 bits per heavy atom. The lowest BCUT2D eigenvalue weighted by Gasteiger charge is -2.04. The Balaban J connectivity index is 1.37. The van der Waals surface area contributed by atoms with Gasteiger partial charge in [0.2, 0.25) is 11.6 Å². The maximum absolute atomic E-state index is 5.25. The van der Waals surface area contributed by atoms with E-state index in [0.29, 0.717) is 24.6 Å². The van der Waals surface area contributed by atoms with E-state index < -0.39 is 0 Å². The van der Waals surface area contributed by atoms with Gasteiger partial charge in [-0.25, -0.2) is 4.63 Å². The molecule has 0 fully saturated rings. The lowest BCUT2D eigenvalue weighted by molar-refractivity contribution is 0.309. The molecule has 2 N–H and O–H groups in total. The molecule has 2 aromatic carbocycles. The predicted molar refractivity (Wildman–Crippen MR) is 108 cm³/mol. The summed E-state index contributed by atoms with van der Waals surface area (Å²) in [6.07, 6.45) is 0. The van der Waals surface area contributed by atoms with E-state index in [9.17, 15) is 0 Å². The van der Waals surface area contributed by atoms with E-state index in [1.54, 1.807) is 14.2 Å². The molecule has 0 spiro atoms. The highest BCUT2D eigenvalue weighted by Crippen LogP contribution is 2.24. The fraction of sp³-hybridized carbons (Fsp3) is 0.200. The Kier molecular flexibility index (Phi) is 5.74. The maximum atomic E-state index is 5.25. The van der Waals surface area contributed by atoms with E-state index in [0.717, 1.165) is 22.6 Å². The third-order valence-corrected chi connectivity index (χ3v) is 4.35. The fourth-order valence-corrected chi connectivity index (χ4v) is 2.69. The average Bonchev–Trinajstić information content (AvgIpc) is 3.46. The first-order valence-electron chi connectivity index (χ1n) is 9.15. The summed E-state index contributed by atoms with van der Waals surface area (Å²) in [5.41, 5.74) is 2.45. The summed E-state index contributed by atoms with van der Waals surface area (Å²) in [6.45, 7) is 1.04. The highest BCUT2D eigenvalue weighted by molar-refractivity contribution is 5.64. The SMILES string of the molecule is COc1ccc(CNc2nc(-c3nonc3NCc3ccc(OC)cc3)no2)cc1. The van der Waals surface area contributed by atoms with Gasteiger partial charge in [-0.3, -0.25) is 0 Å². The predicted octanol–water partition coefficient (Wildman–Crippen LogP) is 3.36. The number of aromatic nitrogens is 4. The molecule has 4 aromatic rings. The highest BCUT2D eigenvalue weighted by atomic mass is 16.6. The number of ether oxygens (including phenoxy) is 2. The molecule has 2 heterocycles. The molecule has 0 radical (unpaired) electrons. The molecular weight excluding hydrogens is 388 g/mol. The normalized spacial score (nSPS) is 10.6. The summed E-state index contributed by atoms with van der Waals surface area (Å²) in [4.78, 5) is 4.31. The van der Waals surface area contributed by atoms with Crippen LogP contribution in [0.5, 0.6) is 11.5 Å². The average molecular weight is 408 g/mol. The van der Waals surface area contributed by atoms with Gasteiger partial charge in [-0.1, -0.05) is 29.4 Å². The first-order chi connectivity index (χ1) is 14.7. The topological polar surface area (TPSA) is 120 Å². The van der Waals surface area contributed by atoms with Crippen molar-refractivity contribution < 1.29 is 18.6 Å². The second-order valence-corrected chi connectivity index (χ2v) is 6.29. The van der Waals surface area contributed by atoms with Crippen LogP contribution in [0.15, 0.2) is 57.7 Å². The van der Waals surface area contributed by atoms with Crippen LogP contribution in [0.2, 0.25) is 0 Å². The summed E-state index contributed by atoms with van der Waals surface area (Å²) in [7, 11) is 3.26. The van der Waals surface area contributed by atoms with Gasteiger partial charge < -0.3 is 24.6 Å². The van der Waals surface area contributed by atoms with Gasteiger partial charge in [0.1, 0.15) is 11.5 Å². The minimum absolute atomic E-state index is 0.268. The van der Waals surface area contributed by atoms with Crippen molar-refractivity contribution in [3.8, 4) is 23.0 Å². The third kappa shape index (κ3) is 4.49. The van der Waals surface area contributed by atoms with Gasteiger partial charge in [0.05, 0.1) is 14.2 Å². The molecule has 0 aliphatic rings. The zero-order chi connectivity index (χ0) is 20.8. The molecule has 154 valence electrons. The van der Waals surface area contributed by atoms with Crippen LogP contribution in [-0.4, -0.2) is 34.7 Å². The van der Waals surface area contributed by atoms with Gasteiger partial charge in [-0.15, -0.1) is 0 Å².